The summed E-state index contributed by atoms with van der Waals surface area (Å²) in [5, 5.41) is 4.31. The molecule has 318 valence electrons. The van der Waals surface area contributed by atoms with E-state index in [-0.39, 0.29) is 0 Å². The summed E-state index contributed by atoms with van der Waals surface area (Å²) in [5.41, 5.74) is 15.4. The van der Waals surface area contributed by atoms with Gasteiger partial charge in [0.1, 0.15) is 11.2 Å². The first-order valence-corrected chi connectivity index (χ1v) is 22.8. The molecule has 68 heavy (non-hydrogen) atoms. The van der Waals surface area contributed by atoms with Gasteiger partial charge in [-0.2, -0.15) is 0 Å². The monoisotopic (exact) mass is 869 g/mol. The lowest BCUT2D eigenvalue weighted by atomic mass is 9.90. The van der Waals surface area contributed by atoms with E-state index in [2.05, 4.69) is 168 Å². The lowest BCUT2D eigenvalue weighted by Crippen LogP contribution is -2.02. The summed E-state index contributed by atoms with van der Waals surface area (Å²) in [6, 6.07) is 80.0. The number of benzene rings is 9. The van der Waals surface area contributed by atoms with Crippen molar-refractivity contribution in [1.29, 1.82) is 0 Å². The first-order valence-electron chi connectivity index (χ1n) is 22.8. The largest absolute Gasteiger partial charge is 0.455 e. The molecule has 4 aromatic heterocycles. The van der Waals surface area contributed by atoms with Crippen LogP contribution in [0.3, 0.4) is 0 Å². The highest BCUT2D eigenvalue weighted by Gasteiger charge is 2.24. The maximum Gasteiger partial charge on any atom is 0.166 e. The van der Waals surface area contributed by atoms with E-state index in [0.717, 1.165) is 105 Å². The molecule has 0 bridgehead atoms. The molecule has 0 N–H and O–H groups in total. The minimum absolute atomic E-state index is 0.504. The van der Waals surface area contributed by atoms with Crippen LogP contribution in [0.1, 0.15) is 0 Å². The molecule has 0 aliphatic rings. The molecule has 13 aromatic rings. The van der Waals surface area contributed by atoms with Crippen LogP contribution in [0.5, 0.6) is 0 Å². The van der Waals surface area contributed by atoms with Gasteiger partial charge in [-0.25, -0.2) is 15.0 Å². The highest BCUT2D eigenvalue weighted by atomic mass is 16.3. The summed E-state index contributed by atoms with van der Waals surface area (Å²) in [6.45, 7) is 0. The van der Waals surface area contributed by atoms with Crippen molar-refractivity contribution in [2.24, 2.45) is 0 Å². The van der Waals surface area contributed by atoms with Gasteiger partial charge in [0, 0.05) is 61.2 Å². The molecule has 0 fully saturated rings. The fourth-order valence-corrected chi connectivity index (χ4v) is 9.69. The summed E-state index contributed by atoms with van der Waals surface area (Å²) < 4.78 is 9.39. The van der Waals surface area contributed by atoms with Gasteiger partial charge in [0.15, 0.2) is 17.5 Å². The zero-order valence-electron chi connectivity index (χ0n) is 36.7. The molecule has 6 nitrogen and oxygen atoms in total. The number of pyridine rings is 1. The van der Waals surface area contributed by atoms with E-state index in [1.807, 2.05) is 72.9 Å². The first kappa shape index (κ1) is 39.1. The third-order valence-electron chi connectivity index (χ3n) is 12.9. The molecule has 13 rings (SSSR count). The first-order chi connectivity index (χ1) is 33.7. The number of furan rings is 1. The van der Waals surface area contributed by atoms with Gasteiger partial charge < -0.3 is 8.98 Å². The summed E-state index contributed by atoms with van der Waals surface area (Å²) >= 11 is 0. The maximum atomic E-state index is 7.04. The molecule has 0 saturated carbocycles. The molecule has 0 atom stereocenters. The van der Waals surface area contributed by atoms with Gasteiger partial charge in [-0.05, 0) is 76.3 Å². The Bertz CT molecular complexity index is 3940. The van der Waals surface area contributed by atoms with Crippen molar-refractivity contribution in [2.75, 3.05) is 0 Å². The van der Waals surface area contributed by atoms with Crippen LogP contribution in [0.25, 0.3) is 128 Å². The van der Waals surface area contributed by atoms with Gasteiger partial charge in [0.2, 0.25) is 0 Å². The van der Waals surface area contributed by atoms with Crippen molar-refractivity contribution < 1.29 is 4.42 Å². The standard InChI is InChI=1S/C62H39N5O/c1-6-19-40(20-7-1)44-33-34-47(41-21-8-2-9-22-41)51(35-44)45-36-54(62-65-60(42-23-10-3-11-24-42)64-61(66-62)43-25-12-4-13-26-43)58(63-39-45)50-31-18-30-49-53-37-56-52(38-57(53)68-59(49)50)48-29-16-17-32-55(48)67(56)46-27-14-5-15-28-46/h1-39H. The second kappa shape index (κ2) is 16.3. The van der Waals surface area contributed by atoms with E-state index in [0.29, 0.717) is 23.2 Å². The average Bonchev–Trinajstić information content (AvgIpc) is 3.96. The van der Waals surface area contributed by atoms with Crippen molar-refractivity contribution in [1.82, 2.24) is 24.5 Å². The predicted octanol–water partition coefficient (Wildman–Crippen LogP) is 15.9. The Morgan fingerprint density at radius 1 is 0.324 bits per heavy atom. The Balaban J connectivity index is 1.08. The smallest absolute Gasteiger partial charge is 0.166 e. The van der Waals surface area contributed by atoms with Crippen LogP contribution in [-0.2, 0) is 0 Å². The van der Waals surface area contributed by atoms with Crippen molar-refractivity contribution in [3.05, 3.63) is 237 Å². The quantitative estimate of drug-likeness (QED) is 0.152. The second-order valence-corrected chi connectivity index (χ2v) is 17.0. The van der Waals surface area contributed by atoms with Crippen molar-refractivity contribution in [3.8, 4) is 84.5 Å². The molecule has 4 heterocycles. The van der Waals surface area contributed by atoms with Crippen LogP contribution in [0.4, 0.5) is 0 Å². The van der Waals surface area contributed by atoms with Crippen LogP contribution in [-0.4, -0.2) is 24.5 Å². The highest BCUT2D eigenvalue weighted by molar-refractivity contribution is 6.18. The molecular weight excluding hydrogens is 831 g/mol. The Morgan fingerprint density at radius 3 is 1.59 bits per heavy atom. The normalized spacial score (nSPS) is 11.5. The molecule has 0 amide bonds. The van der Waals surface area contributed by atoms with Gasteiger partial charge in [0.25, 0.3) is 0 Å². The second-order valence-electron chi connectivity index (χ2n) is 17.0. The van der Waals surface area contributed by atoms with Crippen molar-refractivity contribution in [3.63, 3.8) is 0 Å². The molecule has 0 aliphatic carbocycles. The predicted molar refractivity (Wildman–Crippen MR) is 277 cm³/mol. The van der Waals surface area contributed by atoms with E-state index >= 15 is 0 Å². The molecule has 0 saturated heterocycles. The Labute approximate surface area is 392 Å². The summed E-state index contributed by atoms with van der Waals surface area (Å²) in [5.74, 6) is 1.65. The average molecular weight is 870 g/mol. The van der Waals surface area contributed by atoms with E-state index in [1.54, 1.807) is 0 Å². The van der Waals surface area contributed by atoms with Gasteiger partial charge >= 0.3 is 0 Å². The SMILES string of the molecule is c1ccc(-c2ccc(-c3ccccc3)c(-c3cnc(-c4cccc5c4oc4cc6c7ccccc7n(-c7ccccc7)c6cc45)c(-c4nc(-c5ccccc5)nc(-c5ccccc5)n4)c3)c2)cc1. The van der Waals surface area contributed by atoms with E-state index < -0.39 is 0 Å². The van der Waals surface area contributed by atoms with Crippen LogP contribution in [0.15, 0.2) is 241 Å². The molecule has 0 radical (unpaired) electrons. The van der Waals surface area contributed by atoms with Crippen LogP contribution in [0.2, 0.25) is 0 Å². The van der Waals surface area contributed by atoms with Crippen LogP contribution in [0, 0.1) is 0 Å². The van der Waals surface area contributed by atoms with Gasteiger partial charge in [-0.15, -0.1) is 0 Å². The fourth-order valence-electron chi connectivity index (χ4n) is 9.69. The fraction of sp³-hybridized carbons (Fsp3) is 0. The van der Waals surface area contributed by atoms with E-state index in [4.69, 9.17) is 24.4 Å². The zero-order chi connectivity index (χ0) is 45.0. The van der Waals surface area contributed by atoms with Gasteiger partial charge in [0.05, 0.1) is 16.7 Å². The lowest BCUT2D eigenvalue weighted by molar-refractivity contribution is 0.670. The molecule has 0 spiro atoms. The third kappa shape index (κ3) is 6.74. The number of nitrogens with zero attached hydrogens (tertiary/aromatic N) is 5. The summed E-state index contributed by atoms with van der Waals surface area (Å²) in [4.78, 5) is 21.1. The van der Waals surface area contributed by atoms with Crippen LogP contribution < -0.4 is 0 Å². The third-order valence-corrected chi connectivity index (χ3v) is 12.9. The Hall–Kier alpha value is -9.26. The number of rotatable bonds is 8. The van der Waals surface area contributed by atoms with Crippen LogP contribution >= 0.6 is 0 Å². The molecule has 0 aliphatic heterocycles. The lowest BCUT2D eigenvalue weighted by Gasteiger charge is -2.16. The number of aromatic nitrogens is 5. The minimum atomic E-state index is 0.504. The van der Waals surface area contributed by atoms with Crippen molar-refractivity contribution >= 4 is 43.7 Å². The molecule has 0 unspecified atom stereocenters. The van der Waals surface area contributed by atoms with Gasteiger partial charge in [-0.3, -0.25) is 4.98 Å². The molecule has 9 aromatic carbocycles. The Kier molecular flexibility index (Phi) is 9.39. The topological polar surface area (TPSA) is 69.6 Å². The summed E-state index contributed by atoms with van der Waals surface area (Å²) in [7, 11) is 0. The van der Waals surface area contributed by atoms with Gasteiger partial charge in [-0.1, -0.05) is 182 Å². The number of hydrogen-bond acceptors (Lipinski definition) is 5. The molecule has 6 heteroatoms. The number of para-hydroxylation sites is 3. The number of fused-ring (bicyclic) bond motifs is 6. The van der Waals surface area contributed by atoms with E-state index in [1.165, 1.54) is 0 Å². The molecular formula is C62H39N5O. The Morgan fingerprint density at radius 2 is 0.897 bits per heavy atom. The van der Waals surface area contributed by atoms with E-state index in [9.17, 15) is 0 Å². The summed E-state index contributed by atoms with van der Waals surface area (Å²) in [6.07, 6.45) is 1.98. The van der Waals surface area contributed by atoms with Crippen molar-refractivity contribution in [2.45, 2.75) is 0 Å². The maximum absolute atomic E-state index is 7.04. The minimum Gasteiger partial charge on any atom is -0.455 e. The number of hydrogen-bond donors (Lipinski definition) is 0. The zero-order valence-corrected chi connectivity index (χ0v) is 36.7. The highest BCUT2D eigenvalue weighted by Crippen LogP contribution is 2.44.